The maximum Gasteiger partial charge on any atom is 0.243 e. The van der Waals surface area contributed by atoms with Gasteiger partial charge in [0, 0.05) is 36.7 Å². The van der Waals surface area contributed by atoms with Gasteiger partial charge in [0.2, 0.25) is 15.9 Å². The van der Waals surface area contributed by atoms with Crippen LogP contribution in [0, 0.1) is 0 Å². The van der Waals surface area contributed by atoms with Crippen molar-refractivity contribution in [3.05, 3.63) is 18.2 Å². The lowest BCUT2D eigenvalue weighted by Crippen LogP contribution is -2.37. The normalized spacial score (nSPS) is 22.8. The number of hydrogen-bond acceptors (Lipinski definition) is 4. The Morgan fingerprint density at radius 3 is 2.46 bits per heavy atom. The summed E-state index contributed by atoms with van der Waals surface area (Å²) in [4.78, 5) is 14.9. The number of hydrogen-bond donors (Lipinski definition) is 0. The number of rotatable bonds is 2. The highest BCUT2D eigenvalue weighted by atomic mass is 32.2. The molecule has 5 nitrogen and oxygen atoms in total. The van der Waals surface area contributed by atoms with Gasteiger partial charge in [0.1, 0.15) is 0 Å². The van der Waals surface area contributed by atoms with E-state index in [0.717, 1.165) is 36.3 Å². The third-order valence-electron chi connectivity index (χ3n) is 4.57. The summed E-state index contributed by atoms with van der Waals surface area (Å²) in [5, 5.41) is 0.300. The van der Waals surface area contributed by atoms with E-state index in [4.69, 9.17) is 0 Å². The molecule has 1 amide bonds. The number of thioether (sulfide) groups is 1. The molecule has 2 aliphatic heterocycles. The molecule has 2 heterocycles. The minimum Gasteiger partial charge on any atom is -0.310 e. The van der Waals surface area contributed by atoms with E-state index in [-0.39, 0.29) is 5.91 Å². The van der Waals surface area contributed by atoms with Crippen LogP contribution in [0.3, 0.4) is 0 Å². The molecule has 132 valence electrons. The Hall–Kier alpha value is -1.05. The third kappa shape index (κ3) is 3.48. The summed E-state index contributed by atoms with van der Waals surface area (Å²) in [6, 6.07) is 5.20. The van der Waals surface area contributed by atoms with Crippen LogP contribution >= 0.6 is 11.8 Å². The minimum absolute atomic E-state index is 0.0484. The summed E-state index contributed by atoms with van der Waals surface area (Å²) in [6.07, 6.45) is 4.00. The maximum absolute atomic E-state index is 13.0. The average molecular weight is 369 g/mol. The lowest BCUT2D eigenvalue weighted by atomic mass is 10.2. The highest BCUT2D eigenvalue weighted by molar-refractivity contribution is 8.00. The topological polar surface area (TPSA) is 57.7 Å². The Morgan fingerprint density at radius 1 is 1.17 bits per heavy atom. The number of fused-ring (bicyclic) bond motifs is 1. The number of anilines is 1. The Balaban J connectivity index is 1.98. The highest BCUT2D eigenvalue weighted by Crippen LogP contribution is 2.40. The van der Waals surface area contributed by atoms with Gasteiger partial charge in [-0.25, -0.2) is 8.42 Å². The van der Waals surface area contributed by atoms with Crippen molar-refractivity contribution >= 4 is 33.4 Å². The van der Waals surface area contributed by atoms with Crippen molar-refractivity contribution in [2.24, 2.45) is 0 Å². The molecular formula is C17H24N2O3S2. The second kappa shape index (κ2) is 7.06. The van der Waals surface area contributed by atoms with Crippen LogP contribution in [0.15, 0.2) is 28.0 Å². The number of carbonyl (C=O) groups excluding carboxylic acids is 1. The quantitative estimate of drug-likeness (QED) is 0.805. The fourth-order valence-corrected chi connectivity index (χ4v) is 5.94. The molecule has 0 saturated carbocycles. The summed E-state index contributed by atoms with van der Waals surface area (Å²) in [5.74, 6) is -0.0484. The van der Waals surface area contributed by atoms with Crippen molar-refractivity contribution in [1.82, 2.24) is 4.31 Å². The summed E-state index contributed by atoms with van der Waals surface area (Å²) < 4.78 is 27.6. The van der Waals surface area contributed by atoms with Crippen LogP contribution in [-0.4, -0.2) is 43.5 Å². The molecule has 0 aliphatic carbocycles. The first-order valence-electron chi connectivity index (χ1n) is 8.48. The Kier molecular flexibility index (Phi) is 5.22. The highest BCUT2D eigenvalue weighted by Gasteiger charge is 2.30. The average Bonchev–Trinajstić information content (AvgIpc) is 2.83. The van der Waals surface area contributed by atoms with Crippen molar-refractivity contribution in [3.63, 3.8) is 0 Å². The van der Waals surface area contributed by atoms with Gasteiger partial charge in [0.05, 0.1) is 10.6 Å². The zero-order valence-electron chi connectivity index (χ0n) is 14.2. The standard InChI is InChI=1S/C17H24N2O3S2/c1-13-12-19(14(2)20)16-11-15(7-8-17(16)23-13)24(21,22)18-9-5-3-4-6-10-18/h7-8,11,13H,3-6,9-10,12H2,1-2H3/t13-/m0/s1. The molecule has 0 N–H and O–H groups in total. The molecule has 1 saturated heterocycles. The fourth-order valence-electron chi connectivity index (χ4n) is 3.31. The lowest BCUT2D eigenvalue weighted by molar-refractivity contribution is -0.116. The van der Waals surface area contributed by atoms with Crippen LogP contribution in [0.2, 0.25) is 0 Å². The Morgan fingerprint density at radius 2 is 1.83 bits per heavy atom. The van der Waals surface area contributed by atoms with E-state index in [9.17, 15) is 13.2 Å². The molecule has 0 unspecified atom stereocenters. The van der Waals surface area contributed by atoms with Gasteiger partial charge >= 0.3 is 0 Å². The molecule has 7 heteroatoms. The van der Waals surface area contributed by atoms with Crippen molar-refractivity contribution in [2.45, 2.75) is 54.6 Å². The van der Waals surface area contributed by atoms with E-state index in [1.54, 1.807) is 33.1 Å². The number of carbonyl (C=O) groups is 1. The first-order chi connectivity index (χ1) is 11.4. The van der Waals surface area contributed by atoms with Gasteiger partial charge in [-0.3, -0.25) is 4.79 Å². The van der Waals surface area contributed by atoms with Crippen molar-refractivity contribution < 1.29 is 13.2 Å². The van der Waals surface area contributed by atoms with E-state index >= 15 is 0 Å². The molecule has 0 aromatic heterocycles. The predicted molar refractivity (Wildman–Crippen MR) is 97.0 cm³/mol. The van der Waals surface area contributed by atoms with Crippen LogP contribution in [-0.2, 0) is 14.8 Å². The monoisotopic (exact) mass is 368 g/mol. The number of benzene rings is 1. The van der Waals surface area contributed by atoms with E-state index < -0.39 is 10.0 Å². The summed E-state index contributed by atoms with van der Waals surface area (Å²) in [6.45, 7) is 5.39. The largest absolute Gasteiger partial charge is 0.310 e. The molecule has 0 spiro atoms. The van der Waals surface area contributed by atoms with E-state index in [2.05, 4.69) is 6.92 Å². The molecule has 24 heavy (non-hydrogen) atoms. The van der Waals surface area contributed by atoms with Crippen LogP contribution in [0.25, 0.3) is 0 Å². The molecule has 1 atom stereocenters. The SMILES string of the molecule is CC(=O)N1C[C@H](C)Sc2ccc(S(=O)(=O)N3CCCCCC3)cc21. The van der Waals surface area contributed by atoms with Gasteiger partial charge < -0.3 is 4.90 Å². The van der Waals surface area contributed by atoms with Crippen LogP contribution in [0.5, 0.6) is 0 Å². The van der Waals surface area contributed by atoms with Crippen molar-refractivity contribution in [2.75, 3.05) is 24.5 Å². The maximum atomic E-state index is 13.0. The number of amides is 1. The van der Waals surface area contributed by atoms with Gasteiger partial charge in [0.25, 0.3) is 0 Å². The molecule has 1 aromatic rings. The molecule has 2 aliphatic rings. The summed E-state index contributed by atoms with van der Waals surface area (Å²) in [5.41, 5.74) is 0.724. The van der Waals surface area contributed by atoms with Crippen LogP contribution < -0.4 is 4.90 Å². The van der Waals surface area contributed by atoms with E-state index in [0.29, 0.717) is 29.8 Å². The van der Waals surface area contributed by atoms with Crippen molar-refractivity contribution in [1.29, 1.82) is 0 Å². The van der Waals surface area contributed by atoms with Gasteiger partial charge in [-0.05, 0) is 31.0 Å². The minimum atomic E-state index is -3.50. The molecule has 1 aromatic carbocycles. The lowest BCUT2D eigenvalue weighted by Gasteiger charge is -2.32. The van der Waals surface area contributed by atoms with Crippen LogP contribution in [0.4, 0.5) is 5.69 Å². The molecular weight excluding hydrogens is 344 g/mol. The predicted octanol–water partition coefficient (Wildman–Crippen LogP) is 3.10. The first kappa shape index (κ1) is 17.8. The van der Waals surface area contributed by atoms with Gasteiger partial charge in [-0.2, -0.15) is 4.31 Å². The zero-order valence-corrected chi connectivity index (χ0v) is 15.8. The summed E-state index contributed by atoms with van der Waals surface area (Å²) in [7, 11) is -3.50. The van der Waals surface area contributed by atoms with E-state index in [1.807, 2.05) is 6.07 Å². The van der Waals surface area contributed by atoms with Gasteiger partial charge in [0.15, 0.2) is 0 Å². The molecule has 0 radical (unpaired) electrons. The third-order valence-corrected chi connectivity index (χ3v) is 7.62. The van der Waals surface area contributed by atoms with Gasteiger partial charge in [-0.1, -0.05) is 19.8 Å². The Labute approximate surface area is 148 Å². The second-order valence-corrected chi connectivity index (χ2v) is 9.92. The number of nitrogens with zero attached hydrogens (tertiary/aromatic N) is 2. The second-order valence-electron chi connectivity index (χ2n) is 6.51. The Bertz CT molecular complexity index is 725. The molecule has 3 rings (SSSR count). The number of sulfonamides is 1. The fraction of sp³-hybridized carbons (Fsp3) is 0.588. The first-order valence-corrected chi connectivity index (χ1v) is 10.8. The van der Waals surface area contributed by atoms with E-state index in [1.165, 1.54) is 6.92 Å². The molecule has 0 bridgehead atoms. The van der Waals surface area contributed by atoms with Gasteiger partial charge in [-0.15, -0.1) is 11.8 Å². The van der Waals surface area contributed by atoms with Crippen molar-refractivity contribution in [3.8, 4) is 0 Å². The smallest absolute Gasteiger partial charge is 0.243 e. The van der Waals surface area contributed by atoms with Crippen LogP contribution in [0.1, 0.15) is 39.5 Å². The zero-order chi connectivity index (χ0) is 17.3. The molecule has 1 fully saturated rings. The summed E-state index contributed by atoms with van der Waals surface area (Å²) >= 11 is 1.69.